The molecular formula is C23H23FN4O4S. The van der Waals surface area contributed by atoms with Gasteiger partial charge in [-0.1, -0.05) is 18.2 Å². The van der Waals surface area contributed by atoms with Crippen molar-refractivity contribution in [3.8, 4) is 17.0 Å². The molecule has 3 heterocycles. The number of hydrogen-bond donors (Lipinski definition) is 1. The first kappa shape index (κ1) is 21.6. The highest BCUT2D eigenvalue weighted by Crippen LogP contribution is 2.44. The van der Waals surface area contributed by atoms with Crippen LogP contribution in [0.3, 0.4) is 0 Å². The molecule has 0 radical (unpaired) electrons. The van der Waals surface area contributed by atoms with E-state index in [0.29, 0.717) is 11.8 Å². The maximum absolute atomic E-state index is 14.6. The van der Waals surface area contributed by atoms with Crippen LogP contribution in [0.5, 0.6) is 5.88 Å². The summed E-state index contributed by atoms with van der Waals surface area (Å²) >= 11 is 0. The Balaban J connectivity index is 1.67. The molecule has 0 atom stereocenters. The topological polar surface area (TPSA) is 103 Å². The lowest BCUT2D eigenvalue weighted by Gasteiger charge is -2.25. The minimum Gasteiger partial charge on any atom is -0.475 e. The molecule has 2 aliphatic rings. The molecule has 1 aromatic carbocycles. The molecular weight excluding hydrogens is 447 g/mol. The monoisotopic (exact) mass is 470 g/mol. The Kier molecular flexibility index (Phi) is 5.00. The Morgan fingerprint density at radius 2 is 2.03 bits per heavy atom. The third-order valence-corrected chi connectivity index (χ3v) is 7.23. The first-order valence-electron chi connectivity index (χ1n) is 10.7. The van der Waals surface area contributed by atoms with E-state index < -0.39 is 32.3 Å². The lowest BCUT2D eigenvalue weighted by atomic mass is 9.91. The van der Waals surface area contributed by atoms with Gasteiger partial charge in [0.2, 0.25) is 16.8 Å². The molecule has 0 saturated heterocycles. The molecule has 172 valence electrons. The van der Waals surface area contributed by atoms with Crippen molar-refractivity contribution < 1.29 is 22.3 Å². The van der Waals surface area contributed by atoms with Crippen LogP contribution in [0, 0.1) is 5.82 Å². The largest absolute Gasteiger partial charge is 0.475 e. The van der Waals surface area contributed by atoms with Gasteiger partial charge in [-0.25, -0.2) is 14.1 Å². The number of amides is 1. The van der Waals surface area contributed by atoms with Crippen LogP contribution in [0.25, 0.3) is 11.1 Å². The van der Waals surface area contributed by atoms with E-state index in [2.05, 4.69) is 10.1 Å². The fourth-order valence-electron chi connectivity index (χ4n) is 4.05. The number of hydrogen-bond acceptors (Lipinski definition) is 6. The van der Waals surface area contributed by atoms with Crippen LogP contribution in [0.15, 0.2) is 47.8 Å². The van der Waals surface area contributed by atoms with Crippen LogP contribution in [0.1, 0.15) is 43.7 Å². The molecule has 4 bridgehead atoms. The molecule has 0 unspecified atom stereocenters. The second-order valence-corrected chi connectivity index (χ2v) is 10.7. The van der Waals surface area contributed by atoms with Crippen molar-refractivity contribution in [2.45, 2.75) is 49.6 Å². The molecule has 3 aromatic rings. The standard InChI is InChI=1S/C23H23FN4O4S/c1-23(2)13-32-21-10-15(8-9-25-21)17-5-3-4-16(14-6-7-14)18(17)11-20(29)27-33(30,31)22-19(24)12-28(23)26-22/h3-5,8-10,12,14H,6-7,11,13H2,1-2H3,(H,27,29). The highest BCUT2D eigenvalue weighted by molar-refractivity contribution is 7.90. The van der Waals surface area contributed by atoms with Crippen molar-refractivity contribution in [1.82, 2.24) is 19.5 Å². The Hall–Kier alpha value is -3.27. The first-order valence-corrected chi connectivity index (χ1v) is 12.1. The summed E-state index contributed by atoms with van der Waals surface area (Å²) in [5.74, 6) is -1.10. The van der Waals surface area contributed by atoms with Gasteiger partial charge in [-0.2, -0.15) is 13.5 Å². The van der Waals surface area contributed by atoms with Crippen LogP contribution < -0.4 is 9.46 Å². The van der Waals surface area contributed by atoms with E-state index in [4.69, 9.17) is 4.74 Å². The minimum absolute atomic E-state index is 0.0609. The van der Waals surface area contributed by atoms with Gasteiger partial charge >= 0.3 is 0 Å². The van der Waals surface area contributed by atoms with E-state index in [-0.39, 0.29) is 13.0 Å². The van der Waals surface area contributed by atoms with Gasteiger partial charge in [-0.15, -0.1) is 0 Å². The van der Waals surface area contributed by atoms with E-state index in [0.717, 1.165) is 41.3 Å². The number of carbonyl (C=O) groups is 1. The summed E-state index contributed by atoms with van der Waals surface area (Å²) in [6.45, 7) is 3.52. The Labute approximate surface area is 190 Å². The number of aromatic nitrogens is 3. The SMILES string of the molecule is CC1(C)COc2cc(ccn2)-c2cccc(C3CC3)c2CC(=O)NS(=O)(=O)c2nn1cc2F. The number of nitrogens with zero attached hydrogens (tertiary/aromatic N) is 3. The number of rotatable bonds is 1. The number of sulfonamides is 1. The summed E-state index contributed by atoms with van der Waals surface area (Å²) < 4.78 is 49.3. The van der Waals surface area contributed by atoms with E-state index in [9.17, 15) is 17.6 Å². The van der Waals surface area contributed by atoms with Gasteiger partial charge in [-0.3, -0.25) is 9.48 Å². The maximum atomic E-state index is 14.6. The number of pyridine rings is 1. The predicted octanol–water partition coefficient (Wildman–Crippen LogP) is 3.14. The van der Waals surface area contributed by atoms with Crippen molar-refractivity contribution >= 4 is 15.9 Å². The highest BCUT2D eigenvalue weighted by Gasteiger charge is 2.33. The zero-order valence-corrected chi connectivity index (χ0v) is 19.0. The molecule has 33 heavy (non-hydrogen) atoms. The number of ether oxygens (including phenoxy) is 1. The van der Waals surface area contributed by atoms with E-state index in [1.807, 2.05) is 29.0 Å². The van der Waals surface area contributed by atoms with Crippen LogP contribution in [-0.2, 0) is 26.8 Å². The molecule has 1 saturated carbocycles. The van der Waals surface area contributed by atoms with Gasteiger partial charge in [-0.05, 0) is 60.9 Å². The molecule has 1 fully saturated rings. The van der Waals surface area contributed by atoms with Gasteiger partial charge in [0.25, 0.3) is 10.0 Å². The average Bonchev–Trinajstić information content (AvgIpc) is 3.52. The van der Waals surface area contributed by atoms with E-state index in [1.165, 1.54) is 4.68 Å². The van der Waals surface area contributed by atoms with Crippen molar-refractivity contribution in [2.75, 3.05) is 6.61 Å². The second-order valence-electron chi connectivity index (χ2n) is 9.06. The lowest BCUT2D eigenvalue weighted by Crippen LogP contribution is -2.35. The Bertz CT molecular complexity index is 1360. The van der Waals surface area contributed by atoms with Crippen molar-refractivity contribution in [3.05, 3.63) is 59.7 Å². The fraction of sp³-hybridized carbons (Fsp3) is 0.348. The average molecular weight is 471 g/mol. The summed E-state index contributed by atoms with van der Waals surface area (Å²) in [6, 6.07) is 9.41. The summed E-state index contributed by atoms with van der Waals surface area (Å²) in [4.78, 5) is 17.2. The Morgan fingerprint density at radius 1 is 1.24 bits per heavy atom. The van der Waals surface area contributed by atoms with Gasteiger partial charge < -0.3 is 4.74 Å². The van der Waals surface area contributed by atoms with E-state index in [1.54, 1.807) is 26.1 Å². The normalized spacial score (nSPS) is 19.4. The Morgan fingerprint density at radius 3 is 2.79 bits per heavy atom. The summed E-state index contributed by atoms with van der Waals surface area (Å²) in [7, 11) is -4.50. The molecule has 0 spiro atoms. The van der Waals surface area contributed by atoms with Crippen molar-refractivity contribution in [2.24, 2.45) is 0 Å². The van der Waals surface area contributed by atoms with Crippen LogP contribution >= 0.6 is 0 Å². The molecule has 1 N–H and O–H groups in total. The van der Waals surface area contributed by atoms with Crippen molar-refractivity contribution in [1.29, 1.82) is 0 Å². The van der Waals surface area contributed by atoms with Crippen molar-refractivity contribution in [3.63, 3.8) is 0 Å². The fourth-order valence-corrected chi connectivity index (χ4v) is 5.02. The molecule has 5 rings (SSSR count). The number of carbonyl (C=O) groups excluding carboxylic acids is 1. The predicted molar refractivity (Wildman–Crippen MR) is 118 cm³/mol. The number of nitrogens with one attached hydrogen (secondary N) is 1. The number of fused-ring (bicyclic) bond motifs is 6. The van der Waals surface area contributed by atoms with Crippen LogP contribution in [-0.4, -0.2) is 35.7 Å². The third kappa shape index (κ3) is 4.10. The molecule has 2 aromatic heterocycles. The summed E-state index contributed by atoms with van der Waals surface area (Å²) in [5.41, 5.74) is 2.48. The lowest BCUT2D eigenvalue weighted by molar-refractivity contribution is -0.118. The highest BCUT2D eigenvalue weighted by atomic mass is 32.2. The molecule has 10 heteroatoms. The quantitative estimate of drug-likeness (QED) is 0.586. The van der Waals surface area contributed by atoms with Gasteiger partial charge in [0.1, 0.15) is 6.61 Å². The van der Waals surface area contributed by atoms with Crippen LogP contribution in [0.2, 0.25) is 0 Å². The maximum Gasteiger partial charge on any atom is 0.286 e. The summed E-state index contributed by atoms with van der Waals surface area (Å²) in [6.07, 6.45) is 4.46. The van der Waals surface area contributed by atoms with Gasteiger partial charge in [0.15, 0.2) is 5.82 Å². The molecule has 1 aliphatic heterocycles. The zero-order chi connectivity index (χ0) is 23.4. The molecule has 1 aliphatic carbocycles. The minimum atomic E-state index is -4.50. The first-order chi connectivity index (χ1) is 15.6. The second kappa shape index (κ2) is 7.65. The molecule has 8 nitrogen and oxygen atoms in total. The van der Waals surface area contributed by atoms with Gasteiger partial charge in [0, 0.05) is 12.3 Å². The molecule has 1 amide bonds. The summed E-state index contributed by atoms with van der Waals surface area (Å²) in [5, 5.41) is 3.10. The zero-order valence-electron chi connectivity index (χ0n) is 18.2. The third-order valence-electron chi connectivity index (χ3n) is 5.95. The number of halogens is 1. The van der Waals surface area contributed by atoms with E-state index >= 15 is 0 Å². The smallest absolute Gasteiger partial charge is 0.286 e. The van der Waals surface area contributed by atoms with Crippen LogP contribution in [0.4, 0.5) is 4.39 Å². The number of benzene rings is 1. The van der Waals surface area contributed by atoms with Gasteiger partial charge in [0.05, 0.1) is 18.2 Å².